The fraction of sp³-hybridized carbons (Fsp3) is 0.556. The summed E-state index contributed by atoms with van der Waals surface area (Å²) >= 11 is 0. The van der Waals surface area contributed by atoms with E-state index < -0.39 is 30.0 Å². The fourth-order valence-electron chi connectivity index (χ4n) is 1.35. The zero-order valence-electron chi connectivity index (χ0n) is 10.5. The van der Waals surface area contributed by atoms with Gasteiger partial charge in [-0.1, -0.05) is 0 Å². The molecule has 0 aliphatic carbocycles. The maximum Gasteiger partial charge on any atom is 0.529 e. The monoisotopic (exact) mass is 264 g/mol. The van der Waals surface area contributed by atoms with Gasteiger partial charge in [-0.2, -0.15) is 5.10 Å². The summed E-state index contributed by atoms with van der Waals surface area (Å²) in [6.07, 6.45) is -0.00843. The van der Waals surface area contributed by atoms with Crippen LogP contribution in [-0.4, -0.2) is 28.5 Å². The molecule has 0 fully saturated rings. The van der Waals surface area contributed by atoms with Crippen LogP contribution < -0.4 is 10.9 Å². The number of hydrogen-bond donors (Lipinski definition) is 1. The van der Waals surface area contributed by atoms with Gasteiger partial charge in [0.15, 0.2) is 0 Å². The molecule has 0 spiro atoms. The highest BCUT2D eigenvalue weighted by Crippen LogP contribution is 2.16. The second-order valence-corrected chi connectivity index (χ2v) is 4.77. The summed E-state index contributed by atoms with van der Waals surface area (Å²) in [6.45, 7) is -0.414. The van der Waals surface area contributed by atoms with Gasteiger partial charge in [-0.3, -0.25) is 5.32 Å². The Morgan fingerprint density at radius 1 is 1.44 bits per heavy atom. The molecule has 0 saturated heterocycles. The van der Waals surface area contributed by atoms with Crippen molar-refractivity contribution in [2.45, 2.75) is 26.4 Å². The lowest BCUT2D eigenvalue weighted by Gasteiger charge is -2.21. The Hall–Kier alpha value is -1.67. The van der Waals surface area contributed by atoms with E-state index in [1.807, 2.05) is 5.32 Å². The van der Waals surface area contributed by atoms with E-state index in [4.69, 9.17) is 4.74 Å². The molecule has 0 radical (unpaired) electrons. The minimum absolute atomic E-state index is 0.403. The van der Waals surface area contributed by atoms with Crippen molar-refractivity contribution in [1.82, 2.24) is 9.78 Å². The Morgan fingerprint density at radius 2 is 2.00 bits per heavy atom. The molecular weight excluding hydrogens is 250 g/mol. The maximum absolute atomic E-state index is 12.7. The third-order valence-electron chi connectivity index (χ3n) is 1.93. The number of aromatic nitrogens is 2. The van der Waals surface area contributed by atoms with Gasteiger partial charge in [0.1, 0.15) is 5.60 Å². The van der Waals surface area contributed by atoms with Gasteiger partial charge in [0.2, 0.25) is 0 Å². The van der Waals surface area contributed by atoms with E-state index in [2.05, 4.69) is 5.10 Å². The van der Waals surface area contributed by atoms with Crippen molar-refractivity contribution in [2.75, 3.05) is 5.32 Å². The first kappa shape index (κ1) is 14.4. The lowest BCUT2D eigenvalue weighted by Crippen LogP contribution is -2.42. The molecule has 1 rings (SSSR count). The van der Waals surface area contributed by atoms with Crippen molar-refractivity contribution in [3.63, 3.8) is 0 Å². The molecule has 1 N–H and O–H groups in total. The van der Waals surface area contributed by atoms with E-state index in [0.29, 0.717) is 4.68 Å². The number of halogens is 3. The summed E-state index contributed by atoms with van der Waals surface area (Å²) in [5.74, 6) is 0. The van der Waals surface area contributed by atoms with Gasteiger partial charge in [0.25, 0.3) is 0 Å². The van der Waals surface area contributed by atoms with Crippen LogP contribution in [0.15, 0.2) is 6.20 Å². The fourth-order valence-corrected chi connectivity index (χ4v) is 1.35. The number of nitrogens with zero attached hydrogens (tertiary/aromatic N) is 2. The standard InChI is InChI=1S/C9H14BF3N3O2/c1-9(2,3)18-8(17)15-6-5-14-16(4)7(6)10(11,12)13/h5H,1-4H3,(H,15,17)/q-1. The lowest BCUT2D eigenvalue weighted by molar-refractivity contribution is 0.0636. The Morgan fingerprint density at radius 3 is 2.44 bits per heavy atom. The van der Waals surface area contributed by atoms with E-state index in [-0.39, 0.29) is 0 Å². The molecule has 102 valence electrons. The molecule has 0 unspecified atom stereocenters. The second-order valence-electron chi connectivity index (χ2n) is 4.77. The molecule has 1 aromatic heterocycles. The van der Waals surface area contributed by atoms with Crippen LogP contribution in [0, 0.1) is 0 Å². The largest absolute Gasteiger partial charge is 0.529 e. The average Bonchev–Trinajstić information content (AvgIpc) is 2.41. The number of carbonyl (C=O) groups excluding carboxylic acids is 1. The average molecular weight is 264 g/mol. The molecule has 0 bridgehead atoms. The van der Waals surface area contributed by atoms with E-state index in [9.17, 15) is 17.7 Å². The maximum atomic E-state index is 12.7. The smallest absolute Gasteiger partial charge is 0.444 e. The Balaban J connectivity index is 2.90. The van der Waals surface area contributed by atoms with Crippen LogP contribution in [0.1, 0.15) is 20.8 Å². The highest BCUT2D eigenvalue weighted by molar-refractivity contribution is 6.74. The van der Waals surface area contributed by atoms with Crippen molar-refractivity contribution in [2.24, 2.45) is 7.05 Å². The van der Waals surface area contributed by atoms with Crippen molar-refractivity contribution in [3.8, 4) is 0 Å². The van der Waals surface area contributed by atoms with Crippen LogP contribution in [0.4, 0.5) is 23.4 Å². The SMILES string of the molecule is Cn1ncc(NC(=O)OC(C)(C)C)c1[B-](F)(F)F. The molecule has 0 aliphatic heterocycles. The topological polar surface area (TPSA) is 56.2 Å². The zero-order valence-corrected chi connectivity index (χ0v) is 10.5. The van der Waals surface area contributed by atoms with Gasteiger partial charge < -0.3 is 22.4 Å². The Labute approximate surface area is 102 Å². The molecule has 9 heteroatoms. The normalized spacial score (nSPS) is 12.4. The van der Waals surface area contributed by atoms with E-state index in [1.54, 1.807) is 20.8 Å². The summed E-state index contributed by atoms with van der Waals surface area (Å²) in [6, 6.07) is 0. The van der Waals surface area contributed by atoms with Crippen molar-refractivity contribution < 1.29 is 22.5 Å². The van der Waals surface area contributed by atoms with Crippen molar-refractivity contribution in [1.29, 1.82) is 0 Å². The number of hydrogen-bond acceptors (Lipinski definition) is 3. The first-order chi connectivity index (χ1) is 8.00. The molecule has 0 atom stereocenters. The third kappa shape index (κ3) is 3.68. The molecule has 5 nitrogen and oxygen atoms in total. The number of anilines is 1. The molecule has 1 heterocycles. The lowest BCUT2D eigenvalue weighted by atomic mass is 9.85. The van der Waals surface area contributed by atoms with Crippen molar-refractivity contribution >= 4 is 24.4 Å². The zero-order chi connectivity index (χ0) is 14.1. The molecule has 0 aliphatic rings. The number of nitrogens with one attached hydrogen (secondary N) is 1. The summed E-state index contributed by atoms with van der Waals surface area (Å²) in [5, 5.41) is 5.52. The number of carbonyl (C=O) groups is 1. The van der Waals surface area contributed by atoms with Gasteiger partial charge in [0.05, 0.1) is 11.9 Å². The van der Waals surface area contributed by atoms with Crippen LogP contribution >= 0.6 is 0 Å². The quantitative estimate of drug-likeness (QED) is 0.829. The summed E-state index contributed by atoms with van der Waals surface area (Å²) in [4.78, 5) is 11.4. The Bertz CT molecular complexity index is 451. The molecule has 1 aromatic rings. The third-order valence-corrected chi connectivity index (χ3v) is 1.93. The predicted octanol–water partition coefficient (Wildman–Crippen LogP) is 1.82. The number of amides is 1. The van der Waals surface area contributed by atoms with Crippen LogP contribution in [0.3, 0.4) is 0 Å². The molecule has 0 aromatic carbocycles. The minimum Gasteiger partial charge on any atom is -0.444 e. The van der Waals surface area contributed by atoms with E-state index >= 15 is 0 Å². The first-order valence-electron chi connectivity index (χ1n) is 5.22. The molecule has 18 heavy (non-hydrogen) atoms. The highest BCUT2D eigenvalue weighted by atomic mass is 19.4. The first-order valence-corrected chi connectivity index (χ1v) is 5.22. The predicted molar refractivity (Wildman–Crippen MR) is 61.8 cm³/mol. The van der Waals surface area contributed by atoms with Crippen molar-refractivity contribution in [3.05, 3.63) is 6.20 Å². The second kappa shape index (κ2) is 4.54. The van der Waals surface area contributed by atoms with E-state index in [1.165, 1.54) is 0 Å². The molecule has 0 saturated carbocycles. The van der Waals surface area contributed by atoms with Crippen LogP contribution in [0.25, 0.3) is 0 Å². The van der Waals surface area contributed by atoms with Crippen LogP contribution in [0.5, 0.6) is 0 Å². The van der Waals surface area contributed by atoms with Crippen LogP contribution in [-0.2, 0) is 11.8 Å². The van der Waals surface area contributed by atoms with Gasteiger partial charge >= 0.3 is 13.1 Å². The summed E-state index contributed by atoms with van der Waals surface area (Å²) in [5.41, 5.74) is -2.16. The summed E-state index contributed by atoms with van der Waals surface area (Å²) < 4.78 is 43.8. The van der Waals surface area contributed by atoms with Gasteiger partial charge in [-0.25, -0.2) is 4.79 Å². The van der Waals surface area contributed by atoms with Gasteiger partial charge in [0, 0.05) is 12.6 Å². The Kier molecular flexibility index (Phi) is 3.63. The highest BCUT2D eigenvalue weighted by Gasteiger charge is 2.33. The van der Waals surface area contributed by atoms with Crippen LogP contribution in [0.2, 0.25) is 0 Å². The van der Waals surface area contributed by atoms with E-state index in [0.717, 1.165) is 13.2 Å². The number of rotatable bonds is 2. The minimum atomic E-state index is -5.26. The van der Waals surface area contributed by atoms with Gasteiger partial charge in [-0.05, 0) is 20.8 Å². The molecule has 1 amide bonds. The molecular formula is C9H14BF3N3O2-. The number of aryl methyl sites for hydroxylation is 1. The van der Waals surface area contributed by atoms with Gasteiger partial charge in [-0.15, -0.1) is 0 Å². The summed E-state index contributed by atoms with van der Waals surface area (Å²) in [7, 11) is 1.16. The number of ether oxygens (including phenoxy) is 1.